The molecule has 8 nitrogen and oxygen atoms in total. The van der Waals surface area contributed by atoms with Gasteiger partial charge in [0.1, 0.15) is 5.01 Å². The molecule has 1 atom stereocenters. The highest BCUT2D eigenvalue weighted by atomic mass is 32.1. The molecule has 5 rings (SSSR count). The van der Waals surface area contributed by atoms with E-state index in [0.29, 0.717) is 16.1 Å². The van der Waals surface area contributed by atoms with Gasteiger partial charge in [0, 0.05) is 11.8 Å². The van der Waals surface area contributed by atoms with Crippen molar-refractivity contribution >= 4 is 51.4 Å². The van der Waals surface area contributed by atoms with Gasteiger partial charge in [-0.15, -0.1) is 11.3 Å². The van der Waals surface area contributed by atoms with Crippen LogP contribution < -0.4 is 0 Å². The summed E-state index contributed by atoms with van der Waals surface area (Å²) < 4.78 is 39.7. The Morgan fingerprint density at radius 1 is 1.11 bits per heavy atom. The summed E-state index contributed by atoms with van der Waals surface area (Å²) in [5.41, 5.74) is -2.55. The molecule has 184 valence electrons. The monoisotopic (exact) mass is 514 g/mol. The minimum Gasteiger partial charge on any atom is -0.273 e. The van der Waals surface area contributed by atoms with Crippen molar-refractivity contribution in [3.8, 4) is 0 Å². The van der Waals surface area contributed by atoms with Crippen molar-refractivity contribution in [1.82, 2.24) is 14.9 Å². The molecule has 0 aliphatic carbocycles. The topological polar surface area (TPSA) is 100 Å². The van der Waals surface area contributed by atoms with E-state index in [1.54, 1.807) is 19.1 Å². The number of carbonyl (C=O) groups is 4. The third-order valence-corrected chi connectivity index (χ3v) is 7.14. The highest BCUT2D eigenvalue weighted by Gasteiger charge is 2.63. The maximum absolute atomic E-state index is 13.8. The van der Waals surface area contributed by atoms with Crippen molar-refractivity contribution < 1.29 is 32.3 Å². The molecule has 3 heterocycles. The van der Waals surface area contributed by atoms with Crippen molar-refractivity contribution in [1.29, 1.82) is 0 Å². The number of alkyl halides is 3. The number of fused-ring (bicyclic) bond motifs is 3. The molecule has 3 aromatic rings. The highest BCUT2D eigenvalue weighted by Crippen LogP contribution is 2.44. The number of hydrogen-bond acceptors (Lipinski definition) is 7. The normalized spacial score (nSPS) is 20.4. The van der Waals surface area contributed by atoms with Crippen LogP contribution in [-0.2, 0) is 32.5 Å². The Labute approximate surface area is 206 Å². The van der Waals surface area contributed by atoms with E-state index < -0.39 is 47.2 Å². The molecular weight excluding hydrogens is 497 g/mol. The number of nitrogens with zero attached hydrogens (tertiary/aromatic N) is 4. The Kier molecular flexibility index (Phi) is 5.51. The van der Waals surface area contributed by atoms with Gasteiger partial charge in [-0.25, -0.2) is 4.98 Å². The van der Waals surface area contributed by atoms with Crippen LogP contribution in [0.3, 0.4) is 0 Å². The van der Waals surface area contributed by atoms with Crippen LogP contribution in [0.25, 0.3) is 10.2 Å². The summed E-state index contributed by atoms with van der Waals surface area (Å²) in [7, 11) is 0. The smallest absolute Gasteiger partial charge is 0.273 e. The average Bonchev–Trinajstić information content (AvgIpc) is 3.36. The van der Waals surface area contributed by atoms with E-state index in [2.05, 4.69) is 10.1 Å². The zero-order valence-corrected chi connectivity index (χ0v) is 19.5. The Morgan fingerprint density at radius 3 is 2.58 bits per heavy atom. The highest BCUT2D eigenvalue weighted by molar-refractivity contribution is 7.18. The van der Waals surface area contributed by atoms with Gasteiger partial charge in [0.25, 0.3) is 23.6 Å². The summed E-state index contributed by atoms with van der Waals surface area (Å²) in [4.78, 5) is 58.3. The van der Waals surface area contributed by atoms with Crippen LogP contribution in [0.1, 0.15) is 46.3 Å². The lowest BCUT2D eigenvalue weighted by Gasteiger charge is -2.37. The predicted octanol–water partition coefficient (Wildman–Crippen LogP) is 3.89. The molecule has 1 aromatic heterocycles. The summed E-state index contributed by atoms with van der Waals surface area (Å²) >= 11 is 1.03. The minimum absolute atomic E-state index is 0.0732. The number of amides is 4. The van der Waals surface area contributed by atoms with Gasteiger partial charge < -0.3 is 0 Å². The molecule has 0 bridgehead atoms. The lowest BCUT2D eigenvalue weighted by Crippen LogP contribution is -2.57. The number of imide groups is 2. The fourth-order valence-corrected chi connectivity index (χ4v) is 5.39. The van der Waals surface area contributed by atoms with Gasteiger partial charge in [-0.1, -0.05) is 25.1 Å². The summed E-state index contributed by atoms with van der Waals surface area (Å²) in [6.07, 6.45) is -3.23. The summed E-state index contributed by atoms with van der Waals surface area (Å²) in [5, 5.41) is 4.76. The predicted molar refractivity (Wildman–Crippen MR) is 123 cm³/mol. The van der Waals surface area contributed by atoms with Crippen LogP contribution in [0.5, 0.6) is 0 Å². The first-order valence-electron chi connectivity index (χ1n) is 10.9. The minimum atomic E-state index is -4.55. The average molecular weight is 514 g/mol. The molecule has 2 aliphatic heterocycles. The molecule has 1 saturated heterocycles. The molecule has 1 spiro atoms. The first-order valence-corrected chi connectivity index (χ1v) is 11.7. The van der Waals surface area contributed by atoms with E-state index in [-0.39, 0.29) is 28.2 Å². The quantitative estimate of drug-likeness (QED) is 0.299. The molecule has 4 amide bonds. The second-order valence-corrected chi connectivity index (χ2v) is 9.44. The van der Waals surface area contributed by atoms with Gasteiger partial charge in [-0.3, -0.25) is 24.1 Å². The number of aromatic nitrogens is 1. The zero-order valence-electron chi connectivity index (χ0n) is 18.7. The SMILES string of the molecule is CCC=NN1C(=O)CC2(C(=O)N(Cc3nc4cc(C(F)(F)F)ccc4s3)C(=O)c3ccccc32)C1=O. The molecule has 36 heavy (non-hydrogen) atoms. The largest absolute Gasteiger partial charge is 0.416 e. The molecular formula is C24H17F3N4O4S. The Balaban J connectivity index is 1.57. The number of thiazole rings is 1. The molecule has 2 aromatic carbocycles. The molecule has 0 saturated carbocycles. The fraction of sp³-hybridized carbons (Fsp3) is 0.250. The van der Waals surface area contributed by atoms with Crippen molar-refractivity contribution in [3.05, 3.63) is 64.2 Å². The standard InChI is InChI=1S/C24H17F3N4O4S/c1-2-9-28-31-19(32)11-23(22(31)35)15-6-4-3-5-14(15)20(33)30(21(23)34)12-18-29-16-10-13(24(25,26)27)7-8-17(16)36-18/h3-10H,2,11-12H2,1H3. The van der Waals surface area contributed by atoms with Gasteiger partial charge in [0.15, 0.2) is 5.41 Å². The molecule has 0 N–H and O–H groups in total. The maximum Gasteiger partial charge on any atom is 0.416 e. The summed E-state index contributed by atoms with van der Waals surface area (Å²) in [6.45, 7) is 1.40. The fourth-order valence-electron chi connectivity index (χ4n) is 4.45. The van der Waals surface area contributed by atoms with Crippen LogP contribution in [-0.4, -0.2) is 44.7 Å². The van der Waals surface area contributed by atoms with Crippen molar-refractivity contribution in [2.75, 3.05) is 0 Å². The van der Waals surface area contributed by atoms with Crippen LogP contribution in [0.15, 0.2) is 47.6 Å². The van der Waals surface area contributed by atoms with Crippen LogP contribution >= 0.6 is 11.3 Å². The number of halogens is 3. The first-order chi connectivity index (χ1) is 17.1. The number of carbonyl (C=O) groups excluding carboxylic acids is 4. The first kappa shape index (κ1) is 23.8. The Morgan fingerprint density at radius 2 is 1.86 bits per heavy atom. The third-order valence-electron chi connectivity index (χ3n) is 6.11. The van der Waals surface area contributed by atoms with Crippen molar-refractivity contribution in [2.24, 2.45) is 5.10 Å². The lowest BCUT2D eigenvalue weighted by molar-refractivity contribution is -0.146. The second-order valence-electron chi connectivity index (χ2n) is 8.33. The van der Waals surface area contributed by atoms with Crippen LogP contribution in [0, 0.1) is 0 Å². The van der Waals surface area contributed by atoms with Crippen LogP contribution in [0.2, 0.25) is 0 Å². The maximum atomic E-state index is 13.8. The van der Waals surface area contributed by atoms with E-state index in [1.807, 2.05) is 0 Å². The van der Waals surface area contributed by atoms with E-state index in [1.165, 1.54) is 24.4 Å². The Bertz CT molecular complexity index is 1480. The van der Waals surface area contributed by atoms with E-state index in [4.69, 9.17) is 0 Å². The van der Waals surface area contributed by atoms with Gasteiger partial charge in [-0.05, 0) is 36.2 Å². The van der Waals surface area contributed by atoms with Crippen LogP contribution in [0.4, 0.5) is 13.2 Å². The molecule has 1 fully saturated rings. The number of rotatable bonds is 4. The van der Waals surface area contributed by atoms with E-state index >= 15 is 0 Å². The second kappa shape index (κ2) is 8.33. The van der Waals surface area contributed by atoms with Crippen molar-refractivity contribution in [2.45, 2.75) is 37.9 Å². The Hall–Kier alpha value is -3.93. The molecule has 1 unspecified atom stereocenters. The summed E-state index contributed by atoms with van der Waals surface area (Å²) in [5.74, 6) is -3.12. The third kappa shape index (κ3) is 3.51. The summed E-state index contributed by atoms with van der Waals surface area (Å²) in [6, 6.07) is 9.18. The van der Waals surface area contributed by atoms with E-state index in [9.17, 15) is 32.3 Å². The van der Waals surface area contributed by atoms with Gasteiger partial charge in [0.2, 0.25) is 0 Å². The van der Waals surface area contributed by atoms with Gasteiger partial charge in [0.05, 0.1) is 28.7 Å². The number of hydrazone groups is 1. The molecule has 12 heteroatoms. The molecule has 2 aliphatic rings. The lowest BCUT2D eigenvalue weighted by atomic mass is 9.72. The van der Waals surface area contributed by atoms with Gasteiger partial charge in [-0.2, -0.15) is 23.3 Å². The number of hydrogen-bond donors (Lipinski definition) is 0. The zero-order chi connectivity index (χ0) is 25.8. The van der Waals surface area contributed by atoms with E-state index in [0.717, 1.165) is 28.4 Å². The van der Waals surface area contributed by atoms with Crippen molar-refractivity contribution in [3.63, 3.8) is 0 Å². The number of benzene rings is 2. The van der Waals surface area contributed by atoms with Gasteiger partial charge >= 0.3 is 6.18 Å². The molecule has 0 radical (unpaired) electrons.